The molecule has 0 radical (unpaired) electrons. The van der Waals surface area contributed by atoms with Crippen LogP contribution >= 0.6 is 0 Å². The van der Waals surface area contributed by atoms with Gasteiger partial charge in [-0.05, 0) is 117 Å². The maximum atomic E-state index is 12.0. The van der Waals surface area contributed by atoms with Crippen LogP contribution in [-0.4, -0.2) is 13.7 Å². The predicted octanol–water partition coefficient (Wildman–Crippen LogP) is 16.0. The monoisotopic (exact) mass is 822 g/mol. The predicted molar refractivity (Wildman–Crippen MR) is 269 cm³/mol. The van der Waals surface area contributed by atoms with E-state index in [0.29, 0.717) is 5.56 Å². The van der Waals surface area contributed by atoms with Crippen molar-refractivity contribution in [2.24, 2.45) is 0 Å². The minimum atomic E-state index is -0.0504. The summed E-state index contributed by atoms with van der Waals surface area (Å²) in [7, 11) is 0. The van der Waals surface area contributed by atoms with E-state index in [9.17, 15) is 5.26 Å². The third-order valence-corrected chi connectivity index (χ3v) is 13.5. The van der Waals surface area contributed by atoms with Crippen LogP contribution in [0.4, 0.5) is 0 Å². The molecule has 0 spiro atoms. The number of nitriles is 1. The van der Waals surface area contributed by atoms with Gasteiger partial charge in [0.05, 0.1) is 44.5 Å². The Balaban J connectivity index is 1.46. The summed E-state index contributed by atoms with van der Waals surface area (Å²) in [5, 5.41) is 19.0. The number of hydrogen-bond donors (Lipinski definition) is 0. The number of nitrogens with zero attached hydrogens (tertiary/aromatic N) is 4. The van der Waals surface area contributed by atoms with E-state index in [1.54, 1.807) is 0 Å². The molecule has 3 aromatic heterocycles. The van der Waals surface area contributed by atoms with E-state index in [2.05, 4.69) is 236 Å². The molecule has 314 valence electrons. The van der Waals surface area contributed by atoms with Crippen LogP contribution in [0, 0.1) is 11.3 Å². The van der Waals surface area contributed by atoms with Crippen molar-refractivity contribution in [1.29, 1.82) is 5.26 Å². The molecule has 10 aromatic rings. The van der Waals surface area contributed by atoms with Gasteiger partial charge in [-0.15, -0.1) is 0 Å². The van der Waals surface area contributed by atoms with Crippen LogP contribution in [-0.2, 0) is 21.7 Å². The molecule has 63 heavy (non-hydrogen) atoms. The fraction of sp³-hybridized carbons (Fsp3) is 0.271. The van der Waals surface area contributed by atoms with Crippen LogP contribution in [0.2, 0.25) is 0 Å². The van der Waals surface area contributed by atoms with Crippen LogP contribution in [0.5, 0.6) is 0 Å². The summed E-state index contributed by atoms with van der Waals surface area (Å²) < 4.78 is 7.17. The average Bonchev–Trinajstić information content (AvgIpc) is 3.86. The second-order valence-electron chi connectivity index (χ2n) is 21.9. The molecule has 4 nitrogen and oxygen atoms in total. The number of hydrogen-bond acceptors (Lipinski definition) is 1. The SMILES string of the molecule is CC(C)(C)c1ccc2c(c1)c1cc(C(C)(C)C)ccc1n2-c1cc2c3ccccc3n(-c3ccccc3)c2c(-n2c3ccc(C(C)(C)C)cc3c3cc(C(C)(C)C)ccc32)c1C#N. The Morgan fingerprint density at radius 2 is 0.746 bits per heavy atom. The van der Waals surface area contributed by atoms with Crippen molar-refractivity contribution in [2.75, 3.05) is 0 Å². The second-order valence-corrected chi connectivity index (χ2v) is 21.9. The molecular formula is C59H58N4. The van der Waals surface area contributed by atoms with E-state index in [4.69, 9.17) is 0 Å². The highest BCUT2D eigenvalue weighted by molar-refractivity contribution is 6.18. The van der Waals surface area contributed by atoms with Gasteiger partial charge < -0.3 is 13.7 Å². The van der Waals surface area contributed by atoms with Crippen molar-refractivity contribution in [3.05, 3.63) is 161 Å². The molecular weight excluding hydrogens is 765 g/mol. The highest BCUT2D eigenvalue weighted by Crippen LogP contribution is 2.46. The lowest BCUT2D eigenvalue weighted by molar-refractivity contribution is 0.590. The summed E-state index contributed by atoms with van der Waals surface area (Å²) in [5.74, 6) is 0. The minimum Gasteiger partial charge on any atom is -0.308 e. The highest BCUT2D eigenvalue weighted by atomic mass is 15.1. The highest BCUT2D eigenvalue weighted by Gasteiger charge is 2.30. The maximum absolute atomic E-state index is 12.0. The Bertz CT molecular complexity index is 3390. The van der Waals surface area contributed by atoms with Crippen molar-refractivity contribution in [2.45, 2.75) is 105 Å². The van der Waals surface area contributed by atoms with Crippen molar-refractivity contribution in [1.82, 2.24) is 13.7 Å². The Morgan fingerprint density at radius 3 is 1.16 bits per heavy atom. The molecule has 0 amide bonds. The second kappa shape index (κ2) is 13.7. The fourth-order valence-corrected chi connectivity index (χ4v) is 9.86. The summed E-state index contributed by atoms with van der Waals surface area (Å²) in [6.07, 6.45) is 0. The molecule has 7 aromatic carbocycles. The van der Waals surface area contributed by atoms with E-state index in [-0.39, 0.29) is 21.7 Å². The maximum Gasteiger partial charge on any atom is 0.104 e. The first-order valence-electron chi connectivity index (χ1n) is 22.5. The van der Waals surface area contributed by atoms with Gasteiger partial charge in [0.2, 0.25) is 0 Å². The number of para-hydroxylation sites is 2. The Kier molecular flexibility index (Phi) is 8.82. The van der Waals surface area contributed by atoms with Crippen LogP contribution in [0.3, 0.4) is 0 Å². The quantitative estimate of drug-likeness (QED) is 0.175. The topological polar surface area (TPSA) is 38.6 Å². The standard InChI is InChI=1S/C59H58N4/c1-56(2,3)36-22-26-49-42(30-36)43-31-37(57(4,5)6)23-27-50(43)62(49)53-34-46-41-20-16-17-21-48(41)61(40-18-14-13-15-19-40)54(46)55(47(53)35-60)63-51-28-24-38(58(7,8)9)32-44(51)45-33-39(59(10,11)12)25-29-52(45)63/h13-34H,1-12H3. The molecule has 0 aliphatic rings. The van der Waals surface area contributed by atoms with Crippen molar-refractivity contribution < 1.29 is 0 Å². The first kappa shape index (κ1) is 40.5. The van der Waals surface area contributed by atoms with E-state index < -0.39 is 0 Å². The molecule has 3 heterocycles. The van der Waals surface area contributed by atoms with E-state index in [1.807, 2.05) is 0 Å². The van der Waals surface area contributed by atoms with Gasteiger partial charge in [-0.25, -0.2) is 0 Å². The van der Waals surface area contributed by atoms with Crippen LogP contribution in [0.15, 0.2) is 133 Å². The van der Waals surface area contributed by atoms with Crippen LogP contribution in [0.25, 0.3) is 82.5 Å². The van der Waals surface area contributed by atoms with Crippen LogP contribution < -0.4 is 0 Å². The first-order valence-corrected chi connectivity index (χ1v) is 22.5. The molecule has 0 atom stereocenters. The first-order chi connectivity index (χ1) is 29.8. The molecule has 10 rings (SSSR count). The van der Waals surface area contributed by atoms with Crippen molar-refractivity contribution >= 4 is 65.4 Å². The molecule has 0 aliphatic carbocycles. The number of rotatable bonds is 3. The lowest BCUT2D eigenvalue weighted by Crippen LogP contribution is -2.11. The summed E-state index contributed by atoms with van der Waals surface area (Å²) in [6.45, 7) is 27.4. The molecule has 0 fully saturated rings. The fourth-order valence-electron chi connectivity index (χ4n) is 9.86. The molecule has 0 aliphatic heterocycles. The number of benzene rings is 7. The zero-order valence-corrected chi connectivity index (χ0v) is 39.0. The molecule has 0 saturated carbocycles. The normalized spacial score (nSPS) is 13.1. The smallest absolute Gasteiger partial charge is 0.104 e. The molecule has 0 bridgehead atoms. The Morgan fingerprint density at radius 1 is 0.365 bits per heavy atom. The number of fused-ring (bicyclic) bond motifs is 9. The number of aromatic nitrogens is 3. The van der Waals surface area contributed by atoms with Gasteiger partial charge in [-0.2, -0.15) is 5.26 Å². The summed E-state index contributed by atoms with van der Waals surface area (Å²) in [5.41, 5.74) is 14.8. The largest absolute Gasteiger partial charge is 0.308 e. The zero-order chi connectivity index (χ0) is 44.5. The van der Waals surface area contributed by atoms with Gasteiger partial charge in [-0.1, -0.05) is 144 Å². The lowest BCUT2D eigenvalue weighted by atomic mass is 9.85. The van der Waals surface area contributed by atoms with E-state index in [1.165, 1.54) is 43.8 Å². The molecule has 0 N–H and O–H groups in total. The van der Waals surface area contributed by atoms with Gasteiger partial charge in [0, 0.05) is 38.0 Å². The summed E-state index contributed by atoms with van der Waals surface area (Å²) >= 11 is 0. The van der Waals surface area contributed by atoms with Crippen molar-refractivity contribution in [3.8, 4) is 23.1 Å². The van der Waals surface area contributed by atoms with Crippen molar-refractivity contribution in [3.63, 3.8) is 0 Å². The zero-order valence-electron chi connectivity index (χ0n) is 39.0. The van der Waals surface area contributed by atoms with E-state index >= 15 is 0 Å². The lowest BCUT2D eigenvalue weighted by Gasteiger charge is -2.21. The Labute approximate surface area is 372 Å². The molecule has 0 saturated heterocycles. The van der Waals surface area contributed by atoms with Crippen LogP contribution in [0.1, 0.15) is 111 Å². The summed E-state index contributed by atoms with van der Waals surface area (Å²) in [4.78, 5) is 0. The van der Waals surface area contributed by atoms with E-state index in [0.717, 1.165) is 60.9 Å². The average molecular weight is 823 g/mol. The van der Waals surface area contributed by atoms with Gasteiger partial charge in [0.15, 0.2) is 0 Å². The molecule has 0 unspecified atom stereocenters. The minimum absolute atomic E-state index is 0.0380. The molecule has 4 heteroatoms. The van der Waals surface area contributed by atoms with Gasteiger partial charge >= 0.3 is 0 Å². The third kappa shape index (κ3) is 6.30. The summed E-state index contributed by atoms with van der Waals surface area (Å²) in [6, 6.07) is 52.4. The van der Waals surface area contributed by atoms with Gasteiger partial charge in [0.25, 0.3) is 0 Å². The Hall–Kier alpha value is -6.57. The van der Waals surface area contributed by atoms with Gasteiger partial charge in [-0.3, -0.25) is 0 Å². The van der Waals surface area contributed by atoms with Gasteiger partial charge in [0.1, 0.15) is 11.6 Å². The third-order valence-electron chi connectivity index (χ3n) is 13.5.